The average Bonchev–Trinajstić information content (AvgIpc) is 2.93. The summed E-state index contributed by atoms with van der Waals surface area (Å²) in [6.45, 7) is 13.0. The van der Waals surface area contributed by atoms with E-state index >= 15 is 0 Å². The van der Waals surface area contributed by atoms with Gasteiger partial charge in [0.05, 0.1) is 6.07 Å². The number of carbonyl (C=O) groups is 1. The summed E-state index contributed by atoms with van der Waals surface area (Å²) in [5.74, 6) is 1.72. The fourth-order valence-electron chi connectivity index (χ4n) is 7.86. The highest BCUT2D eigenvalue weighted by Crippen LogP contribution is 2.68. The van der Waals surface area contributed by atoms with Gasteiger partial charge in [0, 0.05) is 18.8 Å². The Bertz CT molecular complexity index is 795. The Labute approximate surface area is 183 Å². The zero-order valence-electron chi connectivity index (χ0n) is 19.7. The standard InChI is InChI=1S/C25H39NO3Si/c1-17(27)28-19-9-12-23(2)18(15-19)7-8-20-21(23)10-13-24(3)22(20)11-14-25(24,16-26)29-30(4,5)6/h7,19-22H,8-15H2,1-6H3. The Morgan fingerprint density at radius 3 is 2.47 bits per heavy atom. The van der Waals surface area contributed by atoms with Crippen LogP contribution in [-0.4, -0.2) is 26.0 Å². The van der Waals surface area contributed by atoms with Gasteiger partial charge in [0.2, 0.25) is 0 Å². The monoisotopic (exact) mass is 429 g/mol. The summed E-state index contributed by atoms with van der Waals surface area (Å²) in [6.07, 6.45) is 10.9. The minimum atomic E-state index is -1.82. The number of allylic oxidation sites excluding steroid dienone is 1. The van der Waals surface area contributed by atoms with Crippen molar-refractivity contribution in [2.24, 2.45) is 28.6 Å². The molecule has 7 atom stereocenters. The Hall–Kier alpha value is -1.12. The predicted octanol–water partition coefficient (Wildman–Crippen LogP) is 5.99. The summed E-state index contributed by atoms with van der Waals surface area (Å²) in [5.41, 5.74) is 1.09. The number of ether oxygens (including phenoxy) is 1. The van der Waals surface area contributed by atoms with Gasteiger partial charge in [0.15, 0.2) is 8.32 Å². The van der Waals surface area contributed by atoms with Crippen LogP contribution in [0.5, 0.6) is 0 Å². The number of esters is 1. The molecule has 0 aromatic carbocycles. The van der Waals surface area contributed by atoms with E-state index in [1.807, 2.05) is 0 Å². The van der Waals surface area contributed by atoms with Gasteiger partial charge in [-0.1, -0.05) is 25.5 Å². The molecule has 0 N–H and O–H groups in total. The maximum absolute atomic E-state index is 11.5. The maximum Gasteiger partial charge on any atom is 0.302 e. The summed E-state index contributed by atoms with van der Waals surface area (Å²) in [4.78, 5) is 11.5. The lowest BCUT2D eigenvalue weighted by molar-refractivity contribution is -0.149. The molecule has 0 spiro atoms. The third-order valence-electron chi connectivity index (χ3n) is 9.17. The molecule has 0 radical (unpaired) electrons. The number of hydrogen-bond donors (Lipinski definition) is 0. The zero-order chi connectivity index (χ0) is 21.9. The average molecular weight is 430 g/mol. The number of fused-ring (bicyclic) bond motifs is 5. The van der Waals surface area contributed by atoms with Crippen LogP contribution >= 0.6 is 0 Å². The number of hydrogen-bond acceptors (Lipinski definition) is 4. The molecule has 3 saturated carbocycles. The van der Waals surface area contributed by atoms with Crippen LogP contribution in [-0.2, 0) is 14.0 Å². The smallest absolute Gasteiger partial charge is 0.302 e. The molecule has 4 nitrogen and oxygen atoms in total. The number of rotatable bonds is 3. The van der Waals surface area contributed by atoms with Crippen molar-refractivity contribution in [2.75, 3.05) is 0 Å². The molecule has 7 unspecified atom stereocenters. The van der Waals surface area contributed by atoms with Crippen molar-refractivity contribution < 1.29 is 14.0 Å². The first-order valence-corrected chi connectivity index (χ1v) is 15.3. The SMILES string of the molecule is CC(=O)OC1CCC2(C)C(=CCC3C2CCC2(C)C3CCC2(C#N)O[Si](C)(C)C)C1. The van der Waals surface area contributed by atoms with E-state index in [0.717, 1.165) is 44.9 Å². The molecule has 0 aliphatic heterocycles. The Morgan fingerprint density at radius 2 is 1.83 bits per heavy atom. The van der Waals surface area contributed by atoms with Gasteiger partial charge in [0.25, 0.3) is 0 Å². The molecular weight excluding hydrogens is 390 g/mol. The molecule has 3 fully saturated rings. The molecule has 0 amide bonds. The maximum atomic E-state index is 11.5. The van der Waals surface area contributed by atoms with Gasteiger partial charge in [-0.3, -0.25) is 4.79 Å². The van der Waals surface area contributed by atoms with Gasteiger partial charge in [-0.05, 0) is 87.8 Å². The highest BCUT2D eigenvalue weighted by atomic mass is 28.4. The van der Waals surface area contributed by atoms with E-state index < -0.39 is 13.9 Å². The lowest BCUT2D eigenvalue weighted by Crippen LogP contribution is -2.57. The lowest BCUT2D eigenvalue weighted by atomic mass is 9.47. The first-order chi connectivity index (χ1) is 13.9. The number of nitrogens with zero attached hydrogens (tertiary/aromatic N) is 1. The van der Waals surface area contributed by atoms with Crippen LogP contribution in [0.1, 0.15) is 72.1 Å². The summed E-state index contributed by atoms with van der Waals surface area (Å²) in [7, 11) is -1.82. The Balaban J connectivity index is 1.61. The van der Waals surface area contributed by atoms with Crippen molar-refractivity contribution in [3.63, 3.8) is 0 Å². The van der Waals surface area contributed by atoms with E-state index in [0.29, 0.717) is 17.8 Å². The lowest BCUT2D eigenvalue weighted by Gasteiger charge is -2.59. The van der Waals surface area contributed by atoms with Crippen LogP contribution < -0.4 is 0 Å². The third-order valence-corrected chi connectivity index (χ3v) is 10.1. The van der Waals surface area contributed by atoms with E-state index in [1.165, 1.54) is 18.9 Å². The molecule has 4 aliphatic rings. The van der Waals surface area contributed by atoms with Crippen molar-refractivity contribution in [1.82, 2.24) is 0 Å². The van der Waals surface area contributed by atoms with Crippen LogP contribution in [0.4, 0.5) is 0 Å². The van der Waals surface area contributed by atoms with Gasteiger partial charge in [-0.25, -0.2) is 0 Å². The topological polar surface area (TPSA) is 59.3 Å². The van der Waals surface area contributed by atoms with Gasteiger partial charge in [0.1, 0.15) is 11.7 Å². The van der Waals surface area contributed by atoms with Crippen LogP contribution in [0.25, 0.3) is 0 Å². The second kappa shape index (κ2) is 7.20. The third kappa shape index (κ3) is 3.30. The zero-order valence-corrected chi connectivity index (χ0v) is 20.7. The molecule has 5 heteroatoms. The fraction of sp³-hybridized carbons (Fsp3) is 0.840. The van der Waals surface area contributed by atoms with Crippen molar-refractivity contribution in [3.8, 4) is 6.07 Å². The second-order valence-corrected chi connectivity index (χ2v) is 16.3. The van der Waals surface area contributed by atoms with Crippen LogP contribution in [0.2, 0.25) is 19.6 Å². The van der Waals surface area contributed by atoms with Crippen molar-refractivity contribution >= 4 is 14.3 Å². The fourth-order valence-corrected chi connectivity index (χ4v) is 9.28. The quantitative estimate of drug-likeness (QED) is 0.314. The van der Waals surface area contributed by atoms with Gasteiger partial charge < -0.3 is 9.16 Å². The molecule has 0 bridgehead atoms. The van der Waals surface area contributed by atoms with E-state index in [1.54, 1.807) is 0 Å². The van der Waals surface area contributed by atoms with Crippen LogP contribution in [0.3, 0.4) is 0 Å². The minimum Gasteiger partial charge on any atom is -0.462 e. The summed E-state index contributed by atoms with van der Waals surface area (Å²) < 4.78 is 12.3. The molecule has 0 aromatic rings. The van der Waals surface area contributed by atoms with E-state index in [2.05, 4.69) is 45.6 Å². The van der Waals surface area contributed by atoms with E-state index in [-0.39, 0.29) is 22.9 Å². The van der Waals surface area contributed by atoms with E-state index in [9.17, 15) is 10.1 Å². The number of nitriles is 1. The van der Waals surface area contributed by atoms with Gasteiger partial charge in [-0.2, -0.15) is 5.26 Å². The molecule has 0 heterocycles. The Kier molecular flexibility index (Phi) is 5.30. The highest BCUT2D eigenvalue weighted by Gasteiger charge is 2.65. The summed E-state index contributed by atoms with van der Waals surface area (Å²) >= 11 is 0. The first-order valence-electron chi connectivity index (χ1n) is 11.9. The molecule has 30 heavy (non-hydrogen) atoms. The molecule has 4 aliphatic carbocycles. The summed E-state index contributed by atoms with van der Waals surface area (Å²) in [5, 5.41) is 10.3. The minimum absolute atomic E-state index is 0.0418. The highest BCUT2D eigenvalue weighted by molar-refractivity contribution is 6.69. The normalized spacial score (nSPS) is 45.4. The van der Waals surface area contributed by atoms with Crippen molar-refractivity contribution in [2.45, 2.75) is 103 Å². The molecular formula is C25H39NO3Si. The largest absolute Gasteiger partial charge is 0.462 e. The van der Waals surface area contributed by atoms with Gasteiger partial charge >= 0.3 is 5.97 Å². The Morgan fingerprint density at radius 1 is 1.13 bits per heavy atom. The summed E-state index contributed by atoms with van der Waals surface area (Å²) in [6, 6.07) is 2.71. The number of carbonyl (C=O) groups excluding carboxylic acids is 1. The van der Waals surface area contributed by atoms with E-state index in [4.69, 9.17) is 9.16 Å². The molecule has 4 rings (SSSR count). The predicted molar refractivity (Wildman–Crippen MR) is 120 cm³/mol. The van der Waals surface area contributed by atoms with Crippen LogP contribution in [0, 0.1) is 39.9 Å². The second-order valence-electron chi connectivity index (χ2n) is 11.9. The van der Waals surface area contributed by atoms with Crippen molar-refractivity contribution in [1.29, 1.82) is 5.26 Å². The van der Waals surface area contributed by atoms with Gasteiger partial charge in [-0.15, -0.1) is 0 Å². The van der Waals surface area contributed by atoms with Crippen molar-refractivity contribution in [3.05, 3.63) is 11.6 Å². The first kappa shape index (κ1) is 22.1. The molecule has 0 saturated heterocycles. The van der Waals surface area contributed by atoms with Crippen LogP contribution in [0.15, 0.2) is 11.6 Å². The molecule has 0 aromatic heterocycles. The molecule has 166 valence electrons.